The zero-order chi connectivity index (χ0) is 15.5. The van der Waals surface area contributed by atoms with Gasteiger partial charge >= 0.3 is 5.97 Å². The minimum atomic E-state index is -0.481. The van der Waals surface area contributed by atoms with Gasteiger partial charge in [0, 0.05) is 18.8 Å². The van der Waals surface area contributed by atoms with Gasteiger partial charge in [0.1, 0.15) is 5.75 Å². The molecule has 0 aliphatic carbocycles. The number of benzene rings is 1. The first-order chi connectivity index (χ1) is 10.7. The van der Waals surface area contributed by atoms with Crippen molar-refractivity contribution in [2.24, 2.45) is 12.0 Å². The van der Waals surface area contributed by atoms with Crippen molar-refractivity contribution in [3.8, 4) is 5.75 Å². The van der Waals surface area contributed by atoms with Gasteiger partial charge in [-0.2, -0.15) is 5.10 Å². The Bertz CT molecular complexity index is 774. The van der Waals surface area contributed by atoms with Gasteiger partial charge in [-0.05, 0) is 25.1 Å². The molecule has 0 fully saturated rings. The summed E-state index contributed by atoms with van der Waals surface area (Å²) in [6.07, 6.45) is 5.09. The maximum atomic E-state index is 12.0. The molecule has 6 nitrogen and oxygen atoms in total. The van der Waals surface area contributed by atoms with Crippen molar-refractivity contribution in [1.29, 1.82) is 0 Å². The van der Waals surface area contributed by atoms with E-state index < -0.39 is 5.97 Å². The minimum absolute atomic E-state index is 0.245. The molecule has 1 aliphatic heterocycles. The van der Waals surface area contributed by atoms with Crippen LogP contribution in [0.15, 0.2) is 47.3 Å². The van der Waals surface area contributed by atoms with Gasteiger partial charge in [-0.3, -0.25) is 4.68 Å². The second-order valence-corrected chi connectivity index (χ2v) is 4.71. The van der Waals surface area contributed by atoms with Crippen LogP contribution in [-0.2, 0) is 16.6 Å². The molecule has 0 unspecified atom stereocenters. The van der Waals surface area contributed by atoms with E-state index >= 15 is 0 Å². The molecule has 22 heavy (non-hydrogen) atoms. The molecular weight excluding hydrogens is 282 g/mol. The largest absolute Gasteiger partial charge is 0.493 e. The zero-order valence-corrected chi connectivity index (χ0v) is 12.3. The Balaban J connectivity index is 1.95. The third kappa shape index (κ3) is 2.76. The van der Waals surface area contributed by atoms with E-state index in [4.69, 9.17) is 9.47 Å². The lowest BCUT2D eigenvalue weighted by Crippen LogP contribution is -2.07. The number of carbonyl (C=O) groups excluding carboxylic acids is 1. The van der Waals surface area contributed by atoms with E-state index in [0.717, 1.165) is 5.56 Å². The van der Waals surface area contributed by atoms with Crippen LogP contribution in [0.3, 0.4) is 0 Å². The van der Waals surface area contributed by atoms with Crippen LogP contribution in [0.2, 0.25) is 0 Å². The van der Waals surface area contributed by atoms with E-state index in [1.807, 2.05) is 38.2 Å². The van der Waals surface area contributed by atoms with Crippen LogP contribution in [0, 0.1) is 0 Å². The topological polar surface area (TPSA) is 65.7 Å². The van der Waals surface area contributed by atoms with Gasteiger partial charge in [-0.1, -0.05) is 12.1 Å². The summed E-state index contributed by atoms with van der Waals surface area (Å²) in [6.45, 7) is 2.42. The molecule has 1 aliphatic rings. The molecule has 1 aromatic carbocycles. The molecular formula is C16H15N3O3. The first-order valence-electron chi connectivity index (χ1n) is 6.91. The summed E-state index contributed by atoms with van der Waals surface area (Å²) in [4.78, 5) is 16.2. The molecule has 2 heterocycles. The van der Waals surface area contributed by atoms with Crippen LogP contribution < -0.4 is 4.74 Å². The molecule has 0 saturated heterocycles. The van der Waals surface area contributed by atoms with Crippen LogP contribution in [-0.4, -0.2) is 28.3 Å². The molecule has 6 heteroatoms. The molecule has 0 saturated carbocycles. The lowest BCUT2D eigenvalue weighted by atomic mass is 10.2. The van der Waals surface area contributed by atoms with Gasteiger partial charge in [-0.15, -0.1) is 0 Å². The van der Waals surface area contributed by atoms with Crippen LogP contribution in [0.5, 0.6) is 5.75 Å². The summed E-state index contributed by atoms with van der Waals surface area (Å²) < 4.78 is 12.5. The first kappa shape index (κ1) is 14.1. The summed E-state index contributed by atoms with van der Waals surface area (Å²) in [6, 6.07) is 7.33. The number of aryl methyl sites for hydroxylation is 1. The number of hydrogen-bond acceptors (Lipinski definition) is 5. The third-order valence-electron chi connectivity index (χ3n) is 3.07. The van der Waals surface area contributed by atoms with Crippen molar-refractivity contribution < 1.29 is 14.3 Å². The SMILES string of the molecule is CCOc1ccccc1C1=N/C(=C/c2cnn(C)c2)C(=O)O1. The standard InChI is InChI=1S/C16H15N3O3/c1-3-21-14-7-5-4-6-12(14)15-18-13(16(20)22-15)8-11-9-17-19(2)10-11/h4-10H,3H2,1-2H3/b13-8+. The fourth-order valence-corrected chi connectivity index (χ4v) is 2.12. The van der Waals surface area contributed by atoms with E-state index in [-0.39, 0.29) is 11.6 Å². The van der Waals surface area contributed by atoms with Gasteiger partial charge in [0.25, 0.3) is 0 Å². The summed E-state index contributed by atoms with van der Waals surface area (Å²) in [5.41, 5.74) is 1.69. The Morgan fingerprint density at radius 2 is 2.18 bits per heavy atom. The Labute approximate surface area is 127 Å². The highest BCUT2D eigenvalue weighted by atomic mass is 16.6. The van der Waals surface area contributed by atoms with Crippen LogP contribution in [0.1, 0.15) is 18.1 Å². The number of esters is 1. The van der Waals surface area contributed by atoms with E-state index in [1.54, 1.807) is 23.2 Å². The highest BCUT2D eigenvalue weighted by Gasteiger charge is 2.26. The molecule has 0 amide bonds. The van der Waals surface area contributed by atoms with Crippen molar-refractivity contribution in [2.75, 3.05) is 6.61 Å². The molecule has 0 atom stereocenters. The number of ether oxygens (including phenoxy) is 2. The molecule has 0 bridgehead atoms. The van der Waals surface area contributed by atoms with Gasteiger partial charge in [0.2, 0.25) is 5.90 Å². The number of nitrogens with zero attached hydrogens (tertiary/aromatic N) is 3. The van der Waals surface area contributed by atoms with E-state index in [2.05, 4.69) is 10.1 Å². The van der Waals surface area contributed by atoms with Crippen molar-refractivity contribution in [1.82, 2.24) is 9.78 Å². The van der Waals surface area contributed by atoms with Gasteiger partial charge in [-0.25, -0.2) is 9.79 Å². The Morgan fingerprint density at radius 3 is 2.91 bits per heavy atom. The molecule has 2 aromatic rings. The van der Waals surface area contributed by atoms with Crippen LogP contribution in [0.4, 0.5) is 0 Å². The Kier molecular flexibility index (Phi) is 3.74. The maximum absolute atomic E-state index is 12.0. The second kappa shape index (κ2) is 5.85. The molecule has 0 radical (unpaired) electrons. The second-order valence-electron chi connectivity index (χ2n) is 4.71. The lowest BCUT2D eigenvalue weighted by Gasteiger charge is -2.08. The monoisotopic (exact) mass is 297 g/mol. The fraction of sp³-hybridized carbons (Fsp3) is 0.188. The van der Waals surface area contributed by atoms with Crippen molar-refractivity contribution >= 4 is 17.9 Å². The Morgan fingerprint density at radius 1 is 1.36 bits per heavy atom. The van der Waals surface area contributed by atoms with E-state index in [0.29, 0.717) is 17.9 Å². The predicted octanol–water partition coefficient (Wildman–Crippen LogP) is 2.16. The van der Waals surface area contributed by atoms with Gasteiger partial charge in [0.15, 0.2) is 5.70 Å². The highest BCUT2D eigenvalue weighted by Crippen LogP contribution is 2.25. The number of aliphatic imine (C=N–C) groups is 1. The summed E-state index contributed by atoms with van der Waals surface area (Å²) in [5, 5.41) is 4.05. The number of carbonyl (C=O) groups is 1. The van der Waals surface area contributed by atoms with Gasteiger partial charge < -0.3 is 9.47 Å². The number of hydrogen-bond donors (Lipinski definition) is 0. The third-order valence-corrected chi connectivity index (χ3v) is 3.07. The van der Waals surface area contributed by atoms with E-state index in [9.17, 15) is 4.79 Å². The van der Waals surface area contributed by atoms with E-state index in [1.165, 1.54) is 0 Å². The summed E-state index contributed by atoms with van der Waals surface area (Å²) >= 11 is 0. The van der Waals surface area contributed by atoms with Crippen molar-refractivity contribution in [2.45, 2.75) is 6.92 Å². The quantitative estimate of drug-likeness (QED) is 0.641. The summed E-state index contributed by atoms with van der Waals surface area (Å²) in [7, 11) is 1.81. The smallest absolute Gasteiger partial charge is 0.363 e. The first-order valence-corrected chi connectivity index (χ1v) is 6.91. The van der Waals surface area contributed by atoms with Crippen molar-refractivity contribution in [3.05, 3.63) is 53.5 Å². The zero-order valence-electron chi connectivity index (χ0n) is 12.3. The normalized spacial score (nSPS) is 15.8. The minimum Gasteiger partial charge on any atom is -0.493 e. The number of rotatable bonds is 4. The lowest BCUT2D eigenvalue weighted by molar-refractivity contribution is -0.129. The average molecular weight is 297 g/mol. The van der Waals surface area contributed by atoms with Crippen LogP contribution in [0.25, 0.3) is 6.08 Å². The Hall–Kier alpha value is -2.89. The highest BCUT2D eigenvalue weighted by molar-refractivity contribution is 6.13. The molecule has 3 rings (SSSR count). The molecule has 0 spiro atoms. The summed E-state index contributed by atoms with van der Waals surface area (Å²) in [5.74, 6) is 0.411. The average Bonchev–Trinajstić information content (AvgIpc) is 3.07. The molecule has 112 valence electrons. The van der Waals surface area contributed by atoms with Crippen LogP contribution >= 0.6 is 0 Å². The van der Waals surface area contributed by atoms with Crippen molar-refractivity contribution in [3.63, 3.8) is 0 Å². The van der Waals surface area contributed by atoms with Gasteiger partial charge in [0.05, 0.1) is 18.4 Å². The number of para-hydroxylation sites is 1. The molecule has 1 aromatic heterocycles. The predicted molar refractivity (Wildman–Crippen MR) is 81.4 cm³/mol. The fourth-order valence-electron chi connectivity index (χ4n) is 2.12. The maximum Gasteiger partial charge on any atom is 0.363 e. The number of aromatic nitrogens is 2. The molecule has 0 N–H and O–H groups in total. The number of cyclic esters (lactones) is 1.